The number of rotatable bonds is 4. The van der Waals surface area contributed by atoms with Gasteiger partial charge in [-0.3, -0.25) is 4.79 Å². The average molecular weight is 278 g/mol. The van der Waals surface area contributed by atoms with Crippen molar-refractivity contribution in [3.63, 3.8) is 0 Å². The quantitative estimate of drug-likeness (QED) is 0.921. The van der Waals surface area contributed by atoms with Crippen LogP contribution in [0.2, 0.25) is 0 Å². The highest BCUT2D eigenvalue weighted by atomic mass is 16.3. The number of hydrogen-bond acceptors (Lipinski definition) is 3. The molecular formula is C16H26N2O2. The summed E-state index contributed by atoms with van der Waals surface area (Å²) in [6.07, 6.45) is 6.18. The molecule has 112 valence electrons. The SMILES string of the molecule is CC(C)(C)[C@H](N)C(=O)N(Cc1ccco1)C1CCCC1. The third kappa shape index (κ3) is 3.42. The zero-order chi connectivity index (χ0) is 14.8. The molecule has 0 spiro atoms. The number of nitrogens with zero attached hydrogens (tertiary/aromatic N) is 1. The summed E-state index contributed by atoms with van der Waals surface area (Å²) >= 11 is 0. The molecule has 1 saturated carbocycles. The second-order valence-electron chi connectivity index (χ2n) is 6.83. The summed E-state index contributed by atoms with van der Waals surface area (Å²) in [4.78, 5) is 14.7. The fraction of sp³-hybridized carbons (Fsp3) is 0.688. The van der Waals surface area contributed by atoms with Gasteiger partial charge in [-0.05, 0) is 30.4 Å². The van der Waals surface area contributed by atoms with Crippen molar-refractivity contribution in [1.82, 2.24) is 4.90 Å². The normalized spacial score (nSPS) is 18.2. The Morgan fingerprint density at radius 3 is 2.60 bits per heavy atom. The molecule has 0 unspecified atom stereocenters. The second kappa shape index (κ2) is 6.00. The Balaban J connectivity index is 2.15. The molecule has 2 N–H and O–H groups in total. The summed E-state index contributed by atoms with van der Waals surface area (Å²) in [5.41, 5.74) is 5.94. The highest BCUT2D eigenvalue weighted by Gasteiger charge is 2.35. The largest absolute Gasteiger partial charge is 0.467 e. The Morgan fingerprint density at radius 1 is 1.45 bits per heavy atom. The minimum absolute atomic E-state index is 0.0424. The van der Waals surface area contributed by atoms with Gasteiger partial charge in [-0.1, -0.05) is 33.6 Å². The molecule has 4 nitrogen and oxygen atoms in total. The second-order valence-corrected chi connectivity index (χ2v) is 6.83. The highest BCUT2D eigenvalue weighted by Crippen LogP contribution is 2.28. The molecule has 1 aromatic heterocycles. The number of furan rings is 1. The Bertz CT molecular complexity index is 428. The third-order valence-electron chi connectivity index (χ3n) is 4.15. The highest BCUT2D eigenvalue weighted by molar-refractivity contribution is 5.82. The predicted molar refractivity (Wildman–Crippen MR) is 78.9 cm³/mol. The lowest BCUT2D eigenvalue weighted by molar-refractivity contribution is -0.138. The lowest BCUT2D eigenvalue weighted by atomic mass is 9.86. The van der Waals surface area contributed by atoms with Gasteiger partial charge >= 0.3 is 0 Å². The molecule has 0 saturated heterocycles. The van der Waals surface area contributed by atoms with Crippen molar-refractivity contribution in [3.05, 3.63) is 24.2 Å². The minimum Gasteiger partial charge on any atom is -0.467 e. The molecule has 1 aliphatic carbocycles. The van der Waals surface area contributed by atoms with Gasteiger partial charge in [0.1, 0.15) is 5.76 Å². The Hall–Kier alpha value is -1.29. The molecule has 1 amide bonds. The maximum atomic E-state index is 12.8. The Morgan fingerprint density at radius 2 is 2.10 bits per heavy atom. The first kappa shape index (κ1) is 15.1. The Kier molecular flexibility index (Phi) is 4.53. The van der Waals surface area contributed by atoms with E-state index in [1.807, 2.05) is 37.8 Å². The van der Waals surface area contributed by atoms with Crippen LogP contribution in [0.15, 0.2) is 22.8 Å². The standard InChI is InChI=1S/C16H26N2O2/c1-16(2,3)14(17)15(19)18(12-7-4-5-8-12)11-13-9-6-10-20-13/h6,9-10,12,14H,4-5,7-8,11,17H2,1-3H3/t14-/m1/s1. The summed E-state index contributed by atoms with van der Waals surface area (Å²) in [5.74, 6) is 0.868. The molecule has 0 aromatic carbocycles. The molecule has 2 rings (SSSR count). The number of hydrogen-bond donors (Lipinski definition) is 1. The van der Waals surface area contributed by atoms with Crippen molar-refractivity contribution < 1.29 is 9.21 Å². The van der Waals surface area contributed by atoms with Crippen LogP contribution in [0.4, 0.5) is 0 Å². The zero-order valence-electron chi connectivity index (χ0n) is 12.8. The van der Waals surface area contributed by atoms with Crippen molar-refractivity contribution in [1.29, 1.82) is 0 Å². The topological polar surface area (TPSA) is 59.5 Å². The predicted octanol–water partition coefficient (Wildman–Crippen LogP) is 2.92. The van der Waals surface area contributed by atoms with Gasteiger partial charge in [0, 0.05) is 6.04 Å². The fourth-order valence-corrected chi connectivity index (χ4v) is 2.72. The Labute approximate surface area is 121 Å². The molecule has 0 bridgehead atoms. The van der Waals surface area contributed by atoms with E-state index in [0.29, 0.717) is 12.6 Å². The average Bonchev–Trinajstić information content (AvgIpc) is 3.05. The van der Waals surface area contributed by atoms with Crippen LogP contribution in [-0.2, 0) is 11.3 Å². The van der Waals surface area contributed by atoms with Crippen LogP contribution in [-0.4, -0.2) is 22.9 Å². The van der Waals surface area contributed by atoms with Gasteiger partial charge in [-0.2, -0.15) is 0 Å². The number of nitrogens with two attached hydrogens (primary N) is 1. The fourth-order valence-electron chi connectivity index (χ4n) is 2.72. The van der Waals surface area contributed by atoms with Crippen molar-refractivity contribution in [2.24, 2.45) is 11.1 Å². The monoisotopic (exact) mass is 278 g/mol. The molecule has 1 heterocycles. The van der Waals surface area contributed by atoms with Crippen molar-refractivity contribution in [3.8, 4) is 0 Å². The van der Waals surface area contributed by atoms with E-state index in [2.05, 4.69) is 0 Å². The molecule has 0 radical (unpaired) electrons. The van der Waals surface area contributed by atoms with Gasteiger partial charge in [0.25, 0.3) is 0 Å². The van der Waals surface area contributed by atoms with Crippen LogP contribution in [0.1, 0.15) is 52.2 Å². The first-order chi connectivity index (χ1) is 9.39. The van der Waals surface area contributed by atoms with E-state index >= 15 is 0 Å². The maximum Gasteiger partial charge on any atom is 0.240 e. The third-order valence-corrected chi connectivity index (χ3v) is 4.15. The van der Waals surface area contributed by atoms with E-state index in [1.54, 1.807) is 6.26 Å². The van der Waals surface area contributed by atoms with Crippen LogP contribution in [0.25, 0.3) is 0 Å². The van der Waals surface area contributed by atoms with Gasteiger partial charge in [0.2, 0.25) is 5.91 Å². The van der Waals surface area contributed by atoms with E-state index in [4.69, 9.17) is 10.2 Å². The molecule has 1 aliphatic rings. The van der Waals surface area contributed by atoms with Gasteiger partial charge in [-0.25, -0.2) is 0 Å². The van der Waals surface area contributed by atoms with Gasteiger partial charge < -0.3 is 15.1 Å². The van der Waals surface area contributed by atoms with E-state index in [0.717, 1.165) is 18.6 Å². The van der Waals surface area contributed by atoms with Crippen LogP contribution in [0, 0.1) is 5.41 Å². The molecule has 1 fully saturated rings. The summed E-state index contributed by atoms with van der Waals surface area (Å²) in [7, 11) is 0. The molecule has 20 heavy (non-hydrogen) atoms. The molecule has 4 heteroatoms. The van der Waals surface area contributed by atoms with E-state index < -0.39 is 6.04 Å². The summed E-state index contributed by atoms with van der Waals surface area (Å²) in [5, 5.41) is 0. The van der Waals surface area contributed by atoms with E-state index in [-0.39, 0.29) is 11.3 Å². The lowest BCUT2D eigenvalue weighted by Gasteiger charge is -2.35. The van der Waals surface area contributed by atoms with Crippen molar-refractivity contribution in [2.45, 2.75) is 65.1 Å². The molecule has 0 aliphatic heterocycles. The van der Waals surface area contributed by atoms with Gasteiger partial charge in [-0.15, -0.1) is 0 Å². The summed E-state index contributed by atoms with van der Waals surface area (Å²) < 4.78 is 5.40. The van der Waals surface area contributed by atoms with Crippen molar-refractivity contribution >= 4 is 5.91 Å². The zero-order valence-corrected chi connectivity index (χ0v) is 12.8. The first-order valence-electron chi connectivity index (χ1n) is 7.48. The minimum atomic E-state index is -0.474. The number of amides is 1. The van der Waals surface area contributed by atoms with Gasteiger partial charge in [0.15, 0.2) is 0 Å². The molecular weight excluding hydrogens is 252 g/mol. The maximum absolute atomic E-state index is 12.8. The summed E-state index contributed by atoms with van der Waals surface area (Å²) in [6.45, 7) is 6.56. The summed E-state index contributed by atoms with van der Waals surface area (Å²) in [6, 6.07) is 3.60. The van der Waals surface area contributed by atoms with Crippen LogP contribution < -0.4 is 5.73 Å². The molecule has 1 aromatic rings. The van der Waals surface area contributed by atoms with E-state index in [1.165, 1.54) is 12.8 Å². The lowest BCUT2D eigenvalue weighted by Crippen LogP contribution is -2.52. The van der Waals surface area contributed by atoms with Crippen molar-refractivity contribution in [2.75, 3.05) is 0 Å². The van der Waals surface area contributed by atoms with Crippen LogP contribution in [0.3, 0.4) is 0 Å². The smallest absolute Gasteiger partial charge is 0.240 e. The number of carbonyl (C=O) groups excluding carboxylic acids is 1. The van der Waals surface area contributed by atoms with Crippen LogP contribution in [0.5, 0.6) is 0 Å². The molecule has 1 atom stereocenters. The van der Waals surface area contributed by atoms with Crippen LogP contribution >= 0.6 is 0 Å². The van der Waals surface area contributed by atoms with E-state index in [9.17, 15) is 4.79 Å². The van der Waals surface area contributed by atoms with Gasteiger partial charge in [0.05, 0.1) is 18.8 Å². The number of carbonyl (C=O) groups is 1. The first-order valence-corrected chi connectivity index (χ1v) is 7.48.